The summed E-state index contributed by atoms with van der Waals surface area (Å²) < 4.78 is 5.60. The average molecular weight is 239 g/mol. The minimum Gasteiger partial charge on any atom is -0.376 e. The lowest BCUT2D eigenvalue weighted by Crippen LogP contribution is -2.57. The van der Waals surface area contributed by atoms with Crippen molar-refractivity contribution in [3.8, 4) is 6.07 Å². The minimum atomic E-state index is -0.457. The zero-order valence-electron chi connectivity index (χ0n) is 11.5. The van der Waals surface area contributed by atoms with Crippen LogP contribution in [0.3, 0.4) is 0 Å². The van der Waals surface area contributed by atoms with Crippen LogP contribution in [0.5, 0.6) is 0 Å². The Balaban J connectivity index is 2.57. The van der Waals surface area contributed by atoms with Crippen LogP contribution in [-0.2, 0) is 4.74 Å². The van der Waals surface area contributed by atoms with E-state index in [-0.39, 0.29) is 6.10 Å². The molecule has 4 heteroatoms. The number of rotatable bonds is 5. The number of nitrogens with one attached hydrogen (secondary N) is 1. The van der Waals surface area contributed by atoms with E-state index >= 15 is 0 Å². The molecule has 0 radical (unpaired) electrons. The van der Waals surface area contributed by atoms with Crippen molar-refractivity contribution in [2.75, 3.05) is 26.2 Å². The average Bonchev–Trinajstić information content (AvgIpc) is 2.31. The molecule has 1 rings (SSSR count). The van der Waals surface area contributed by atoms with Crippen molar-refractivity contribution in [1.82, 2.24) is 10.2 Å². The molecule has 0 aromatic carbocycles. The van der Waals surface area contributed by atoms with Gasteiger partial charge in [0, 0.05) is 19.1 Å². The second-order valence-corrected chi connectivity index (χ2v) is 5.29. The summed E-state index contributed by atoms with van der Waals surface area (Å²) in [6, 6.07) is 2.79. The zero-order valence-corrected chi connectivity index (χ0v) is 11.5. The first-order valence-electron chi connectivity index (χ1n) is 6.52. The standard InChI is InChI=1S/C13H25N3O/c1-5-6-15-13(4,9-14)10-16-7-12(3)17-8-11(16)2/h11-12,15H,5-8,10H2,1-4H3. The van der Waals surface area contributed by atoms with E-state index in [1.165, 1.54) is 0 Å². The van der Waals surface area contributed by atoms with Gasteiger partial charge in [0.1, 0.15) is 5.54 Å². The van der Waals surface area contributed by atoms with Crippen molar-refractivity contribution in [3.63, 3.8) is 0 Å². The molecule has 0 aliphatic carbocycles. The van der Waals surface area contributed by atoms with E-state index in [1.807, 2.05) is 6.92 Å². The Labute approximate surface area is 105 Å². The van der Waals surface area contributed by atoms with Crippen molar-refractivity contribution in [2.45, 2.75) is 51.8 Å². The largest absolute Gasteiger partial charge is 0.376 e. The first-order valence-corrected chi connectivity index (χ1v) is 6.52. The molecule has 1 heterocycles. The number of morpholine rings is 1. The monoisotopic (exact) mass is 239 g/mol. The van der Waals surface area contributed by atoms with Crippen LogP contribution in [0.2, 0.25) is 0 Å². The second kappa shape index (κ2) is 6.34. The van der Waals surface area contributed by atoms with Crippen LogP contribution < -0.4 is 5.32 Å². The Hall–Kier alpha value is -0.630. The molecule has 0 bridgehead atoms. The van der Waals surface area contributed by atoms with Gasteiger partial charge < -0.3 is 4.74 Å². The Morgan fingerprint density at radius 1 is 1.53 bits per heavy atom. The second-order valence-electron chi connectivity index (χ2n) is 5.29. The van der Waals surface area contributed by atoms with E-state index in [4.69, 9.17) is 4.74 Å². The Morgan fingerprint density at radius 3 is 2.82 bits per heavy atom. The van der Waals surface area contributed by atoms with Crippen LogP contribution >= 0.6 is 0 Å². The molecule has 3 unspecified atom stereocenters. The van der Waals surface area contributed by atoms with Crippen LogP contribution in [0.25, 0.3) is 0 Å². The molecule has 1 aliphatic rings. The van der Waals surface area contributed by atoms with Gasteiger partial charge in [-0.25, -0.2) is 0 Å². The lowest BCUT2D eigenvalue weighted by atomic mass is 10.0. The molecule has 17 heavy (non-hydrogen) atoms. The van der Waals surface area contributed by atoms with E-state index in [0.717, 1.165) is 32.7 Å². The molecular weight excluding hydrogens is 214 g/mol. The van der Waals surface area contributed by atoms with Gasteiger partial charge in [0.05, 0.1) is 18.8 Å². The van der Waals surface area contributed by atoms with Crippen LogP contribution in [0, 0.1) is 11.3 Å². The Morgan fingerprint density at radius 2 is 2.24 bits per heavy atom. The minimum absolute atomic E-state index is 0.264. The Bertz CT molecular complexity index is 276. The summed E-state index contributed by atoms with van der Waals surface area (Å²) in [5, 5.41) is 12.7. The normalized spacial score (nSPS) is 29.6. The van der Waals surface area contributed by atoms with Crippen LogP contribution in [0.4, 0.5) is 0 Å². The molecule has 1 aliphatic heterocycles. The van der Waals surface area contributed by atoms with Crippen molar-refractivity contribution in [3.05, 3.63) is 0 Å². The lowest BCUT2D eigenvalue weighted by molar-refractivity contribution is -0.0543. The number of nitriles is 1. The van der Waals surface area contributed by atoms with Crippen molar-refractivity contribution < 1.29 is 4.74 Å². The molecule has 0 amide bonds. The van der Waals surface area contributed by atoms with Gasteiger partial charge in [-0.1, -0.05) is 6.92 Å². The summed E-state index contributed by atoms with van der Waals surface area (Å²) >= 11 is 0. The quantitative estimate of drug-likeness (QED) is 0.787. The molecule has 0 spiro atoms. The maximum Gasteiger partial charge on any atom is 0.116 e. The molecule has 0 saturated carbocycles. The fourth-order valence-electron chi connectivity index (χ4n) is 2.13. The maximum atomic E-state index is 9.32. The third-order valence-electron chi connectivity index (χ3n) is 3.27. The molecule has 4 nitrogen and oxygen atoms in total. The summed E-state index contributed by atoms with van der Waals surface area (Å²) in [4.78, 5) is 2.35. The van der Waals surface area contributed by atoms with E-state index < -0.39 is 5.54 Å². The van der Waals surface area contributed by atoms with Gasteiger partial charge in [-0.2, -0.15) is 5.26 Å². The topological polar surface area (TPSA) is 48.3 Å². The highest BCUT2D eigenvalue weighted by atomic mass is 16.5. The number of hydrogen-bond acceptors (Lipinski definition) is 4. The molecule has 0 aromatic rings. The fraction of sp³-hybridized carbons (Fsp3) is 0.923. The Kier molecular flexibility index (Phi) is 5.38. The van der Waals surface area contributed by atoms with E-state index in [1.54, 1.807) is 0 Å². The number of hydrogen-bond donors (Lipinski definition) is 1. The molecule has 98 valence electrons. The molecule has 1 N–H and O–H groups in total. The third kappa shape index (κ3) is 4.27. The van der Waals surface area contributed by atoms with E-state index in [2.05, 4.69) is 37.1 Å². The molecule has 0 aromatic heterocycles. The van der Waals surface area contributed by atoms with Crippen molar-refractivity contribution >= 4 is 0 Å². The summed E-state index contributed by atoms with van der Waals surface area (Å²) in [5.41, 5.74) is -0.457. The van der Waals surface area contributed by atoms with Crippen LogP contribution in [-0.4, -0.2) is 48.8 Å². The predicted octanol–water partition coefficient (Wildman–Crippen LogP) is 1.38. The lowest BCUT2D eigenvalue weighted by Gasteiger charge is -2.40. The molecule has 1 saturated heterocycles. The summed E-state index contributed by atoms with van der Waals surface area (Å²) in [7, 11) is 0. The SMILES string of the molecule is CCCNC(C)(C#N)CN1CC(C)OCC1C. The zero-order chi connectivity index (χ0) is 12.9. The molecule has 1 fully saturated rings. The molecule has 3 atom stereocenters. The highest BCUT2D eigenvalue weighted by Gasteiger charge is 2.31. The van der Waals surface area contributed by atoms with Crippen molar-refractivity contribution in [1.29, 1.82) is 5.26 Å². The molecular formula is C13H25N3O. The van der Waals surface area contributed by atoms with Gasteiger partial charge in [0.25, 0.3) is 0 Å². The highest BCUT2D eigenvalue weighted by Crippen LogP contribution is 2.15. The summed E-state index contributed by atoms with van der Waals surface area (Å²) in [6.45, 7) is 11.7. The summed E-state index contributed by atoms with van der Waals surface area (Å²) in [6.07, 6.45) is 1.31. The first kappa shape index (κ1) is 14.4. The van der Waals surface area contributed by atoms with Gasteiger partial charge in [0.2, 0.25) is 0 Å². The van der Waals surface area contributed by atoms with E-state index in [9.17, 15) is 5.26 Å². The van der Waals surface area contributed by atoms with Crippen molar-refractivity contribution in [2.24, 2.45) is 0 Å². The van der Waals surface area contributed by atoms with Gasteiger partial charge in [-0.15, -0.1) is 0 Å². The smallest absolute Gasteiger partial charge is 0.116 e. The third-order valence-corrected chi connectivity index (χ3v) is 3.27. The maximum absolute atomic E-state index is 9.32. The fourth-order valence-corrected chi connectivity index (χ4v) is 2.13. The first-order chi connectivity index (χ1) is 8.00. The van der Waals surface area contributed by atoms with Gasteiger partial charge in [0.15, 0.2) is 0 Å². The number of ether oxygens (including phenoxy) is 1. The number of nitrogens with zero attached hydrogens (tertiary/aromatic N) is 2. The van der Waals surface area contributed by atoms with Crippen LogP contribution in [0.15, 0.2) is 0 Å². The van der Waals surface area contributed by atoms with Gasteiger partial charge >= 0.3 is 0 Å². The van der Waals surface area contributed by atoms with Gasteiger partial charge in [-0.05, 0) is 33.7 Å². The van der Waals surface area contributed by atoms with Crippen LogP contribution in [0.1, 0.15) is 34.1 Å². The van der Waals surface area contributed by atoms with E-state index in [0.29, 0.717) is 6.04 Å². The summed E-state index contributed by atoms with van der Waals surface area (Å²) in [5.74, 6) is 0. The van der Waals surface area contributed by atoms with Gasteiger partial charge in [-0.3, -0.25) is 10.2 Å². The highest BCUT2D eigenvalue weighted by molar-refractivity contribution is 5.06. The predicted molar refractivity (Wildman–Crippen MR) is 68.8 cm³/mol.